The van der Waals surface area contributed by atoms with E-state index in [2.05, 4.69) is 35.5 Å². The monoisotopic (exact) mass is 528 g/mol. The van der Waals surface area contributed by atoms with Crippen LogP contribution in [0, 0.1) is 5.21 Å². The Morgan fingerprint density at radius 2 is 2.05 bits per heavy atom. The third-order valence-corrected chi connectivity index (χ3v) is 6.84. The van der Waals surface area contributed by atoms with Gasteiger partial charge in [0.25, 0.3) is 0 Å². The van der Waals surface area contributed by atoms with Gasteiger partial charge in [-0.2, -0.15) is 9.41 Å². The van der Waals surface area contributed by atoms with E-state index in [0.717, 1.165) is 57.0 Å². The van der Waals surface area contributed by atoms with Gasteiger partial charge in [-0.3, -0.25) is 5.32 Å². The highest BCUT2D eigenvalue weighted by Gasteiger charge is 2.35. The molecule has 190 valence electrons. The van der Waals surface area contributed by atoms with E-state index in [1.807, 2.05) is 24.3 Å². The average Bonchev–Trinajstić information content (AvgIpc) is 3.70. The van der Waals surface area contributed by atoms with Crippen molar-refractivity contribution in [1.29, 1.82) is 0 Å². The fraction of sp³-hybridized carbons (Fsp3) is 0.154. The van der Waals surface area contributed by atoms with Gasteiger partial charge in [-0.1, -0.05) is 23.7 Å². The lowest BCUT2D eigenvalue weighted by Gasteiger charge is -2.13. The molecule has 1 aliphatic carbocycles. The van der Waals surface area contributed by atoms with E-state index < -0.39 is 6.09 Å². The number of amides is 1. The van der Waals surface area contributed by atoms with Crippen molar-refractivity contribution in [3.63, 3.8) is 0 Å². The Hall–Kier alpha value is -4.77. The van der Waals surface area contributed by atoms with Crippen LogP contribution in [0.4, 0.5) is 10.5 Å². The lowest BCUT2D eigenvalue weighted by molar-refractivity contribution is -0.614. The molecule has 0 fully saturated rings. The lowest BCUT2D eigenvalue weighted by atomic mass is 10.0. The number of nitrogens with zero attached hydrogens (tertiary/aromatic N) is 6. The Morgan fingerprint density at radius 3 is 2.82 bits per heavy atom. The number of carbonyl (C=O) groups is 1. The minimum Gasteiger partial charge on any atom is -0.618 e. The van der Waals surface area contributed by atoms with Crippen LogP contribution in [0.25, 0.3) is 28.1 Å². The number of carbonyl (C=O) groups excluding carboxylic acids is 1. The van der Waals surface area contributed by atoms with Gasteiger partial charge in [0.15, 0.2) is 6.20 Å². The maximum atomic E-state index is 13.3. The molecule has 38 heavy (non-hydrogen) atoms. The molecule has 0 bridgehead atoms. The summed E-state index contributed by atoms with van der Waals surface area (Å²) in [7, 11) is 1.31. The minimum absolute atomic E-state index is 0.163. The van der Waals surface area contributed by atoms with Crippen LogP contribution in [0.1, 0.15) is 29.4 Å². The van der Waals surface area contributed by atoms with Gasteiger partial charge in [-0.05, 0) is 65.2 Å². The summed E-state index contributed by atoms with van der Waals surface area (Å²) in [6.07, 6.45) is 5.78. The van der Waals surface area contributed by atoms with E-state index in [-0.39, 0.29) is 5.92 Å². The molecule has 1 atom stereocenters. The normalized spacial score (nSPS) is 14.3. The second kappa shape index (κ2) is 9.60. The molecule has 2 aromatic carbocycles. The van der Waals surface area contributed by atoms with Crippen LogP contribution in [-0.2, 0) is 11.2 Å². The summed E-state index contributed by atoms with van der Waals surface area (Å²) >= 11 is 6.30. The zero-order valence-corrected chi connectivity index (χ0v) is 20.9. The smallest absolute Gasteiger partial charge is 0.411 e. The molecule has 2 N–H and O–H groups in total. The molecule has 1 aliphatic rings. The Bertz CT molecular complexity index is 1630. The van der Waals surface area contributed by atoms with E-state index in [0.29, 0.717) is 16.4 Å². The fourth-order valence-electron chi connectivity index (χ4n) is 4.84. The zero-order valence-electron chi connectivity index (χ0n) is 20.1. The number of ether oxygens (including phenoxy) is 1. The van der Waals surface area contributed by atoms with Crippen molar-refractivity contribution in [1.82, 2.24) is 30.2 Å². The van der Waals surface area contributed by atoms with Crippen LogP contribution < -0.4 is 10.0 Å². The molecule has 5 aromatic rings. The molecule has 0 radical (unpaired) electrons. The van der Waals surface area contributed by atoms with Gasteiger partial charge in [0.1, 0.15) is 18.1 Å². The Balaban J connectivity index is 1.30. The quantitative estimate of drug-likeness (QED) is 0.257. The summed E-state index contributed by atoms with van der Waals surface area (Å²) in [5.74, 6) is 0.564. The molecule has 1 unspecified atom stereocenters. The highest BCUT2D eigenvalue weighted by molar-refractivity contribution is 6.31. The summed E-state index contributed by atoms with van der Waals surface area (Å²) in [5.41, 5.74) is 6.18. The molecule has 6 rings (SSSR count). The highest BCUT2D eigenvalue weighted by Crippen LogP contribution is 2.38. The van der Waals surface area contributed by atoms with Crippen LogP contribution in [-0.4, -0.2) is 43.4 Å². The number of aromatic amines is 1. The number of imidazole rings is 1. The van der Waals surface area contributed by atoms with Gasteiger partial charge in [0.2, 0.25) is 5.69 Å². The molecule has 3 heterocycles. The van der Waals surface area contributed by atoms with Crippen LogP contribution >= 0.6 is 11.6 Å². The number of tetrazole rings is 1. The van der Waals surface area contributed by atoms with E-state index in [4.69, 9.17) is 11.6 Å². The average molecular weight is 529 g/mol. The molecular formula is C26H21ClN8O3. The van der Waals surface area contributed by atoms with Crippen LogP contribution in [0.3, 0.4) is 0 Å². The Labute approximate surface area is 221 Å². The molecule has 3 aromatic heterocycles. The molecular weight excluding hydrogens is 508 g/mol. The van der Waals surface area contributed by atoms with Crippen LogP contribution in [0.15, 0.2) is 67.3 Å². The first kappa shape index (κ1) is 23.6. The maximum absolute atomic E-state index is 13.3. The number of hydrogen-bond donors (Lipinski definition) is 2. The predicted octanol–water partition coefficient (Wildman–Crippen LogP) is 4.26. The third kappa shape index (κ3) is 4.33. The molecule has 12 heteroatoms. The van der Waals surface area contributed by atoms with E-state index in [9.17, 15) is 10.0 Å². The third-order valence-electron chi connectivity index (χ3n) is 6.60. The zero-order chi connectivity index (χ0) is 26.2. The first-order chi connectivity index (χ1) is 18.5. The first-order valence-corrected chi connectivity index (χ1v) is 12.2. The van der Waals surface area contributed by atoms with Gasteiger partial charge < -0.3 is 14.9 Å². The summed E-state index contributed by atoms with van der Waals surface area (Å²) in [4.78, 5) is 19.4. The number of aryl methyl sites for hydroxylation is 1. The maximum Gasteiger partial charge on any atom is 0.411 e. The summed E-state index contributed by atoms with van der Waals surface area (Å²) in [6, 6.07) is 14.7. The number of methoxy groups -OCH3 is 1. The van der Waals surface area contributed by atoms with E-state index in [1.165, 1.54) is 13.4 Å². The van der Waals surface area contributed by atoms with Crippen molar-refractivity contribution in [2.45, 2.75) is 18.8 Å². The predicted molar refractivity (Wildman–Crippen MR) is 139 cm³/mol. The molecule has 0 saturated heterocycles. The SMILES string of the molecule is COC(=O)Nc1ccc(-c2cnc(C3CCc4cc(-c5cc(Cl)ccc5-n5cnnn5)c[n+]([O-])c43)[nH]2)cc1. The van der Waals surface area contributed by atoms with Crippen molar-refractivity contribution in [3.05, 3.63) is 94.6 Å². The van der Waals surface area contributed by atoms with Crippen LogP contribution in [0.5, 0.6) is 0 Å². The van der Waals surface area contributed by atoms with Gasteiger partial charge in [-0.25, -0.2) is 9.78 Å². The molecule has 0 spiro atoms. The summed E-state index contributed by atoms with van der Waals surface area (Å²) < 4.78 is 7.09. The number of nitrogens with one attached hydrogen (secondary N) is 2. The molecule has 0 saturated carbocycles. The topological polar surface area (TPSA) is 138 Å². The minimum atomic E-state index is -0.530. The van der Waals surface area contributed by atoms with Crippen molar-refractivity contribution in [3.8, 4) is 28.1 Å². The van der Waals surface area contributed by atoms with Crippen molar-refractivity contribution >= 4 is 23.4 Å². The molecule has 11 nitrogen and oxygen atoms in total. The van der Waals surface area contributed by atoms with Crippen LogP contribution in [0.2, 0.25) is 5.02 Å². The second-order valence-electron chi connectivity index (χ2n) is 8.85. The standard InChI is InChI=1S/C26H21ClN8O3/c1-38-26(36)30-19-6-2-15(3-7-19)22-12-28-25(31-22)20-8-4-16-10-17(13-35(37)24(16)20)21-11-18(27)5-9-23(21)34-14-29-32-33-34/h2-3,5-7,9-14,20H,4,8H2,1H3,(H,28,31)(H,30,36). The number of H-pyrrole nitrogens is 1. The number of benzene rings is 2. The van der Waals surface area contributed by atoms with Crippen molar-refractivity contribution < 1.29 is 14.3 Å². The lowest BCUT2D eigenvalue weighted by Crippen LogP contribution is -2.33. The van der Waals surface area contributed by atoms with Crippen molar-refractivity contribution in [2.75, 3.05) is 12.4 Å². The summed E-state index contributed by atoms with van der Waals surface area (Å²) in [5, 5.41) is 27.9. The summed E-state index contributed by atoms with van der Waals surface area (Å²) in [6.45, 7) is 0. The first-order valence-electron chi connectivity index (χ1n) is 11.8. The number of anilines is 1. The van der Waals surface area contributed by atoms with E-state index in [1.54, 1.807) is 41.3 Å². The second-order valence-corrected chi connectivity index (χ2v) is 9.28. The van der Waals surface area contributed by atoms with Gasteiger partial charge in [-0.15, -0.1) is 5.10 Å². The number of rotatable bonds is 5. The van der Waals surface area contributed by atoms with E-state index >= 15 is 0 Å². The Morgan fingerprint density at radius 1 is 1.21 bits per heavy atom. The number of halogens is 1. The molecule has 0 aliphatic heterocycles. The number of aromatic nitrogens is 7. The Kier molecular flexibility index (Phi) is 5.97. The number of hydrogen-bond acceptors (Lipinski definition) is 7. The van der Waals surface area contributed by atoms with Crippen molar-refractivity contribution in [2.24, 2.45) is 0 Å². The number of pyridine rings is 1. The highest BCUT2D eigenvalue weighted by atomic mass is 35.5. The fourth-order valence-corrected chi connectivity index (χ4v) is 5.01. The largest absolute Gasteiger partial charge is 0.618 e. The van der Waals surface area contributed by atoms with Gasteiger partial charge in [0, 0.05) is 27.4 Å². The van der Waals surface area contributed by atoms with Gasteiger partial charge >= 0.3 is 6.09 Å². The molecule has 1 amide bonds. The number of fused-ring (bicyclic) bond motifs is 1. The van der Waals surface area contributed by atoms with Gasteiger partial charge in [0.05, 0.1) is 24.7 Å².